The van der Waals surface area contributed by atoms with Crippen molar-refractivity contribution in [1.82, 2.24) is 16.0 Å². The average molecular weight is 336 g/mol. The lowest BCUT2D eigenvalue weighted by atomic mass is 10.0. The lowest BCUT2D eigenvalue weighted by Crippen LogP contribution is -2.67. The summed E-state index contributed by atoms with van der Waals surface area (Å²) in [6.45, 7) is 2.94. The first-order valence-corrected chi connectivity index (χ1v) is 7.29. The minimum Gasteiger partial charge on any atom is -0.355 e. The van der Waals surface area contributed by atoms with Crippen LogP contribution in [0.3, 0.4) is 0 Å². The highest BCUT2D eigenvalue weighted by atomic mass is 19.3. The highest BCUT2D eigenvalue weighted by molar-refractivity contribution is 6.06. The molecule has 1 aromatic carbocycles. The molecule has 0 fully saturated rings. The maximum absolute atomic E-state index is 12.8. The molecule has 0 bridgehead atoms. The van der Waals surface area contributed by atoms with E-state index < -0.39 is 29.9 Å². The lowest BCUT2D eigenvalue weighted by Gasteiger charge is -2.32. The van der Waals surface area contributed by atoms with Gasteiger partial charge in [-0.15, -0.1) is 0 Å². The minimum absolute atomic E-state index is 0.120. The average Bonchev–Trinajstić information content (AvgIpc) is 2.55. The SMILES string of the molecule is CC(=O)NC1(C(=O)NC(C)c2cccc(C(F)F)c2)C=NC=CN1. The van der Waals surface area contributed by atoms with Gasteiger partial charge >= 0.3 is 0 Å². The zero-order valence-corrected chi connectivity index (χ0v) is 13.2. The summed E-state index contributed by atoms with van der Waals surface area (Å²) in [5.74, 6) is -0.979. The number of alkyl halides is 2. The maximum atomic E-state index is 12.8. The first-order valence-electron chi connectivity index (χ1n) is 7.29. The van der Waals surface area contributed by atoms with E-state index in [0.717, 1.165) is 0 Å². The summed E-state index contributed by atoms with van der Waals surface area (Å²) in [5.41, 5.74) is -1.11. The van der Waals surface area contributed by atoms with Crippen LogP contribution in [0.1, 0.15) is 37.4 Å². The number of halogens is 2. The predicted molar refractivity (Wildman–Crippen MR) is 85.3 cm³/mol. The van der Waals surface area contributed by atoms with Gasteiger partial charge in [-0.25, -0.2) is 8.78 Å². The third kappa shape index (κ3) is 3.95. The van der Waals surface area contributed by atoms with Crippen LogP contribution in [-0.2, 0) is 9.59 Å². The standard InChI is InChI=1S/C16H18F2N4O2/c1-10(12-4-3-5-13(8-12)14(17)18)21-15(24)16(22-11(2)23)9-19-6-7-20-16/h3-10,14,20H,1-2H3,(H,21,24)(H,22,23). The molecule has 1 aromatic rings. The summed E-state index contributed by atoms with van der Waals surface area (Å²) in [5, 5.41) is 7.95. The van der Waals surface area contributed by atoms with Crippen molar-refractivity contribution in [2.75, 3.05) is 0 Å². The number of hydrogen-bond acceptors (Lipinski definition) is 4. The van der Waals surface area contributed by atoms with Crippen LogP contribution in [0.2, 0.25) is 0 Å². The fraction of sp³-hybridized carbons (Fsp3) is 0.312. The molecule has 6 nitrogen and oxygen atoms in total. The van der Waals surface area contributed by atoms with Gasteiger partial charge in [0.25, 0.3) is 12.3 Å². The van der Waals surface area contributed by atoms with Gasteiger partial charge in [-0.05, 0) is 18.6 Å². The Balaban J connectivity index is 2.17. The predicted octanol–water partition coefficient (Wildman–Crippen LogP) is 1.78. The van der Waals surface area contributed by atoms with Gasteiger partial charge in [0.1, 0.15) is 0 Å². The van der Waals surface area contributed by atoms with Crippen LogP contribution >= 0.6 is 0 Å². The van der Waals surface area contributed by atoms with Crippen molar-refractivity contribution in [3.63, 3.8) is 0 Å². The maximum Gasteiger partial charge on any atom is 0.272 e. The number of rotatable bonds is 5. The number of nitrogens with zero attached hydrogens (tertiary/aromatic N) is 1. The molecule has 8 heteroatoms. The Morgan fingerprint density at radius 2 is 2.00 bits per heavy atom. The number of hydrogen-bond donors (Lipinski definition) is 3. The summed E-state index contributed by atoms with van der Waals surface area (Å²) in [6, 6.07) is 5.27. The molecule has 0 radical (unpaired) electrons. The molecule has 128 valence electrons. The van der Waals surface area contributed by atoms with E-state index in [4.69, 9.17) is 0 Å². The molecule has 0 aliphatic carbocycles. The molecule has 24 heavy (non-hydrogen) atoms. The van der Waals surface area contributed by atoms with E-state index in [9.17, 15) is 18.4 Å². The van der Waals surface area contributed by atoms with Gasteiger partial charge in [0.05, 0.1) is 12.3 Å². The quantitative estimate of drug-likeness (QED) is 0.766. The minimum atomic E-state index is -2.59. The second kappa shape index (κ2) is 7.20. The zero-order chi connectivity index (χ0) is 17.7. The Morgan fingerprint density at radius 1 is 1.29 bits per heavy atom. The number of amides is 2. The van der Waals surface area contributed by atoms with E-state index in [0.29, 0.717) is 5.56 Å². The molecule has 0 spiro atoms. The van der Waals surface area contributed by atoms with E-state index in [2.05, 4.69) is 20.9 Å². The normalized spacial score (nSPS) is 20.4. The van der Waals surface area contributed by atoms with Crippen molar-refractivity contribution < 1.29 is 18.4 Å². The third-order valence-corrected chi connectivity index (χ3v) is 3.48. The van der Waals surface area contributed by atoms with Gasteiger partial charge < -0.3 is 16.0 Å². The first-order chi connectivity index (χ1) is 11.3. The highest BCUT2D eigenvalue weighted by Gasteiger charge is 2.38. The van der Waals surface area contributed by atoms with Crippen LogP contribution in [0.5, 0.6) is 0 Å². The van der Waals surface area contributed by atoms with E-state index in [1.807, 2.05) is 0 Å². The zero-order valence-electron chi connectivity index (χ0n) is 13.2. The van der Waals surface area contributed by atoms with Gasteiger partial charge in [-0.3, -0.25) is 14.6 Å². The van der Waals surface area contributed by atoms with Gasteiger partial charge in [0.15, 0.2) is 0 Å². The van der Waals surface area contributed by atoms with Crippen LogP contribution in [0, 0.1) is 0 Å². The molecule has 2 unspecified atom stereocenters. The summed E-state index contributed by atoms with van der Waals surface area (Å²) >= 11 is 0. The molecule has 0 aromatic heterocycles. The second-order valence-electron chi connectivity index (χ2n) is 5.39. The van der Waals surface area contributed by atoms with Crippen LogP contribution in [0.15, 0.2) is 41.7 Å². The summed E-state index contributed by atoms with van der Waals surface area (Å²) in [4.78, 5) is 27.9. The molecule has 2 atom stereocenters. The Labute approximate surface area is 138 Å². The molecule has 3 N–H and O–H groups in total. The second-order valence-corrected chi connectivity index (χ2v) is 5.39. The number of aliphatic imine (C=N–C) groups is 1. The molecular weight excluding hydrogens is 318 g/mol. The summed E-state index contributed by atoms with van der Waals surface area (Å²) in [7, 11) is 0. The molecule has 1 heterocycles. The molecule has 2 amide bonds. The third-order valence-electron chi connectivity index (χ3n) is 3.48. The Hall–Kier alpha value is -2.77. The molecule has 0 saturated carbocycles. The van der Waals surface area contributed by atoms with Crippen molar-refractivity contribution in [2.24, 2.45) is 4.99 Å². The molecule has 1 aliphatic rings. The van der Waals surface area contributed by atoms with E-state index in [1.165, 1.54) is 43.7 Å². The van der Waals surface area contributed by atoms with Crippen LogP contribution in [0.4, 0.5) is 8.78 Å². The van der Waals surface area contributed by atoms with Crippen LogP contribution in [0.25, 0.3) is 0 Å². The van der Waals surface area contributed by atoms with Crippen molar-refractivity contribution >= 4 is 18.0 Å². The smallest absolute Gasteiger partial charge is 0.272 e. The number of benzene rings is 1. The molecule has 1 aliphatic heterocycles. The molecule has 2 rings (SSSR count). The number of carbonyl (C=O) groups is 2. The summed E-state index contributed by atoms with van der Waals surface area (Å²) < 4.78 is 25.6. The fourth-order valence-electron chi connectivity index (χ4n) is 2.29. The Morgan fingerprint density at radius 3 is 2.58 bits per heavy atom. The van der Waals surface area contributed by atoms with Crippen molar-refractivity contribution in [3.8, 4) is 0 Å². The monoisotopic (exact) mass is 336 g/mol. The lowest BCUT2D eigenvalue weighted by molar-refractivity contribution is -0.131. The van der Waals surface area contributed by atoms with Gasteiger partial charge in [0.2, 0.25) is 11.6 Å². The largest absolute Gasteiger partial charge is 0.355 e. The van der Waals surface area contributed by atoms with Crippen molar-refractivity contribution in [1.29, 1.82) is 0 Å². The first kappa shape index (κ1) is 17.6. The van der Waals surface area contributed by atoms with E-state index in [1.54, 1.807) is 13.0 Å². The summed E-state index contributed by atoms with van der Waals surface area (Å²) in [6.07, 6.45) is 1.54. The Bertz CT molecular complexity index is 690. The topological polar surface area (TPSA) is 82.6 Å². The van der Waals surface area contributed by atoms with Gasteiger partial charge in [0, 0.05) is 24.9 Å². The fourth-order valence-corrected chi connectivity index (χ4v) is 2.29. The van der Waals surface area contributed by atoms with Gasteiger partial charge in [-0.2, -0.15) is 0 Å². The van der Waals surface area contributed by atoms with Crippen molar-refractivity contribution in [2.45, 2.75) is 32.0 Å². The van der Waals surface area contributed by atoms with Gasteiger partial charge in [-0.1, -0.05) is 18.2 Å². The number of nitrogens with one attached hydrogen (secondary N) is 3. The van der Waals surface area contributed by atoms with Crippen LogP contribution < -0.4 is 16.0 Å². The van der Waals surface area contributed by atoms with Crippen LogP contribution in [-0.4, -0.2) is 23.7 Å². The molecular formula is C16H18F2N4O2. The highest BCUT2D eigenvalue weighted by Crippen LogP contribution is 2.22. The van der Waals surface area contributed by atoms with E-state index in [-0.39, 0.29) is 5.56 Å². The Kier molecular flexibility index (Phi) is 5.28. The van der Waals surface area contributed by atoms with Crippen molar-refractivity contribution in [3.05, 3.63) is 47.8 Å². The number of carbonyl (C=O) groups excluding carboxylic acids is 2. The van der Waals surface area contributed by atoms with E-state index >= 15 is 0 Å². The molecule has 0 saturated heterocycles.